The largest absolute Gasteiger partial charge is 0.289 e. The van der Waals surface area contributed by atoms with E-state index in [-0.39, 0.29) is 16.4 Å². The van der Waals surface area contributed by atoms with Gasteiger partial charge in [-0.2, -0.15) is 12.8 Å². The number of nitrogens with zero attached hydrogens (tertiary/aromatic N) is 1. The smallest absolute Gasteiger partial charge is 0.283 e. The lowest BCUT2D eigenvalue weighted by Gasteiger charge is -2.12. The average molecular weight is 325 g/mol. The molecule has 0 heterocycles. The Bertz CT molecular complexity index is 970. The topological polar surface area (TPSA) is 63.6 Å². The molecule has 0 unspecified atom stereocenters. The maximum absolute atomic E-state index is 12.6. The minimum absolute atomic E-state index is 0.150. The highest BCUT2D eigenvalue weighted by Crippen LogP contribution is 2.22. The third kappa shape index (κ3) is 2.87. The van der Waals surface area contributed by atoms with Crippen molar-refractivity contribution in [1.82, 2.24) is 0 Å². The Morgan fingerprint density at radius 2 is 1.61 bits per heavy atom. The highest BCUT2D eigenvalue weighted by atomic mass is 32.2. The van der Waals surface area contributed by atoms with E-state index in [1.54, 1.807) is 49.4 Å². The van der Waals surface area contributed by atoms with Crippen LogP contribution in [-0.4, -0.2) is 19.9 Å². The minimum Gasteiger partial charge on any atom is -0.289 e. The number of benzene rings is 2. The normalized spacial score (nSPS) is 15.7. The molecule has 0 atom stereocenters. The summed E-state index contributed by atoms with van der Waals surface area (Å²) < 4.78 is 29.2. The van der Waals surface area contributed by atoms with E-state index in [1.807, 2.05) is 6.92 Å². The van der Waals surface area contributed by atoms with Crippen molar-refractivity contribution in [3.05, 3.63) is 76.9 Å². The van der Waals surface area contributed by atoms with Crippen molar-refractivity contribution in [1.29, 1.82) is 0 Å². The molecule has 3 rings (SSSR count). The van der Waals surface area contributed by atoms with Crippen LogP contribution in [0.25, 0.3) is 0 Å². The van der Waals surface area contributed by atoms with Crippen molar-refractivity contribution in [2.75, 3.05) is 0 Å². The summed E-state index contributed by atoms with van der Waals surface area (Å²) in [6.07, 6.45) is 2.80. The van der Waals surface area contributed by atoms with E-state index in [0.717, 1.165) is 5.56 Å². The second kappa shape index (κ2) is 5.59. The fourth-order valence-electron chi connectivity index (χ4n) is 2.60. The van der Waals surface area contributed by atoms with Gasteiger partial charge in [0.25, 0.3) is 10.0 Å². The molecule has 1 aliphatic carbocycles. The molecule has 1 aliphatic rings. The zero-order valence-corrected chi connectivity index (χ0v) is 13.6. The Kier molecular flexibility index (Phi) is 3.74. The molecule has 2 aromatic rings. The zero-order valence-electron chi connectivity index (χ0n) is 12.8. The SMILES string of the molecule is Cc1ccc(S(=O)(=O)/N=C2\C=CC(=O)c3ccccc32)c(C)c1. The number of fused-ring (bicyclic) bond motifs is 1. The van der Waals surface area contributed by atoms with Gasteiger partial charge in [-0.15, -0.1) is 0 Å². The van der Waals surface area contributed by atoms with Crippen molar-refractivity contribution in [2.24, 2.45) is 4.40 Å². The molecule has 0 aromatic heterocycles. The van der Waals surface area contributed by atoms with Crippen molar-refractivity contribution >= 4 is 21.5 Å². The van der Waals surface area contributed by atoms with Gasteiger partial charge in [0.15, 0.2) is 5.78 Å². The van der Waals surface area contributed by atoms with Crippen LogP contribution in [0.4, 0.5) is 0 Å². The second-order valence-corrected chi connectivity index (χ2v) is 7.04. The number of allylic oxidation sites excluding steroid dienone is 2. The van der Waals surface area contributed by atoms with E-state index in [0.29, 0.717) is 16.7 Å². The molecule has 5 heteroatoms. The number of hydrogen-bond donors (Lipinski definition) is 0. The third-order valence-corrected chi connectivity index (χ3v) is 5.14. The van der Waals surface area contributed by atoms with Crippen molar-refractivity contribution in [3.8, 4) is 0 Å². The van der Waals surface area contributed by atoms with Crippen LogP contribution < -0.4 is 0 Å². The number of aryl methyl sites for hydroxylation is 2. The van der Waals surface area contributed by atoms with Gasteiger partial charge in [0, 0.05) is 11.1 Å². The molecule has 0 N–H and O–H groups in total. The molecule has 0 amide bonds. The predicted molar refractivity (Wildman–Crippen MR) is 89.6 cm³/mol. The molecule has 116 valence electrons. The van der Waals surface area contributed by atoms with Crippen LogP contribution in [0.15, 0.2) is 63.9 Å². The lowest BCUT2D eigenvalue weighted by Crippen LogP contribution is -2.14. The molecule has 0 spiro atoms. The fourth-order valence-corrected chi connectivity index (χ4v) is 3.82. The van der Waals surface area contributed by atoms with Crippen LogP contribution in [0.5, 0.6) is 0 Å². The highest BCUT2D eigenvalue weighted by molar-refractivity contribution is 7.90. The molecule has 0 saturated heterocycles. The average Bonchev–Trinajstić information content (AvgIpc) is 2.50. The Morgan fingerprint density at radius 3 is 2.30 bits per heavy atom. The lowest BCUT2D eigenvalue weighted by molar-refractivity contribution is 0.104. The van der Waals surface area contributed by atoms with E-state index in [2.05, 4.69) is 4.40 Å². The number of carbonyl (C=O) groups excluding carboxylic acids is 1. The fraction of sp³-hybridized carbons (Fsp3) is 0.111. The van der Waals surface area contributed by atoms with E-state index in [4.69, 9.17) is 0 Å². The molecule has 2 aromatic carbocycles. The highest BCUT2D eigenvalue weighted by Gasteiger charge is 2.21. The van der Waals surface area contributed by atoms with E-state index in [9.17, 15) is 13.2 Å². The third-order valence-electron chi connectivity index (χ3n) is 3.69. The maximum atomic E-state index is 12.6. The molecule has 0 saturated carbocycles. The molecule has 0 bridgehead atoms. The Balaban J connectivity index is 2.14. The molecule has 0 aliphatic heterocycles. The summed E-state index contributed by atoms with van der Waals surface area (Å²) in [5, 5.41) is 0. The van der Waals surface area contributed by atoms with Crippen LogP contribution >= 0.6 is 0 Å². The Hall–Kier alpha value is -2.53. The summed E-state index contributed by atoms with van der Waals surface area (Å²) in [6, 6.07) is 12.0. The molecule has 0 fully saturated rings. The van der Waals surface area contributed by atoms with Crippen LogP contribution in [0.1, 0.15) is 27.0 Å². The van der Waals surface area contributed by atoms with Crippen LogP contribution in [-0.2, 0) is 10.0 Å². The van der Waals surface area contributed by atoms with Crippen LogP contribution in [0.2, 0.25) is 0 Å². The molecular weight excluding hydrogens is 310 g/mol. The van der Waals surface area contributed by atoms with Crippen molar-refractivity contribution in [2.45, 2.75) is 18.7 Å². The second-order valence-electron chi connectivity index (χ2n) is 5.46. The van der Waals surface area contributed by atoms with Gasteiger partial charge >= 0.3 is 0 Å². The van der Waals surface area contributed by atoms with Gasteiger partial charge in [-0.1, -0.05) is 42.0 Å². The van der Waals surface area contributed by atoms with Gasteiger partial charge in [-0.25, -0.2) is 0 Å². The first-order valence-corrected chi connectivity index (χ1v) is 8.56. The lowest BCUT2D eigenvalue weighted by atomic mass is 9.95. The summed E-state index contributed by atoms with van der Waals surface area (Å²) in [5.41, 5.74) is 2.92. The predicted octanol–water partition coefficient (Wildman–Crippen LogP) is 3.23. The maximum Gasteiger partial charge on any atom is 0.283 e. The summed E-state index contributed by atoms with van der Waals surface area (Å²) >= 11 is 0. The van der Waals surface area contributed by atoms with Gasteiger partial charge in [0.1, 0.15) is 0 Å². The van der Waals surface area contributed by atoms with Crippen molar-refractivity contribution < 1.29 is 13.2 Å². The Labute approximate surface area is 135 Å². The Morgan fingerprint density at radius 1 is 0.913 bits per heavy atom. The molecular formula is C18H15NO3S. The molecule has 0 radical (unpaired) electrons. The first-order chi connectivity index (χ1) is 10.9. The van der Waals surface area contributed by atoms with Gasteiger partial charge in [0.2, 0.25) is 0 Å². The standard InChI is InChI=1S/C18H15NO3S/c1-12-7-10-18(13(2)11-12)23(21,22)19-16-8-9-17(20)15-6-4-3-5-14(15)16/h3-11H,1-2H3/b19-16+. The summed E-state index contributed by atoms with van der Waals surface area (Å²) in [5.74, 6) is -0.150. The molecule has 4 nitrogen and oxygen atoms in total. The van der Waals surface area contributed by atoms with Crippen molar-refractivity contribution in [3.63, 3.8) is 0 Å². The first kappa shape index (κ1) is 15.4. The minimum atomic E-state index is -3.84. The van der Waals surface area contributed by atoms with Gasteiger partial charge in [0.05, 0.1) is 10.6 Å². The number of rotatable bonds is 2. The number of sulfonamides is 1. The molecule has 23 heavy (non-hydrogen) atoms. The summed E-state index contributed by atoms with van der Waals surface area (Å²) in [7, 11) is -3.84. The number of ketones is 1. The number of hydrogen-bond acceptors (Lipinski definition) is 3. The van der Waals surface area contributed by atoms with Gasteiger partial charge < -0.3 is 0 Å². The number of carbonyl (C=O) groups is 1. The van der Waals surface area contributed by atoms with E-state index < -0.39 is 10.0 Å². The van der Waals surface area contributed by atoms with Gasteiger partial charge in [-0.3, -0.25) is 4.79 Å². The quantitative estimate of drug-likeness (QED) is 0.851. The monoisotopic (exact) mass is 325 g/mol. The van der Waals surface area contributed by atoms with Gasteiger partial charge in [-0.05, 0) is 37.6 Å². The summed E-state index contributed by atoms with van der Waals surface area (Å²) in [4.78, 5) is 12.0. The first-order valence-electron chi connectivity index (χ1n) is 7.12. The van der Waals surface area contributed by atoms with Crippen LogP contribution in [0.3, 0.4) is 0 Å². The van der Waals surface area contributed by atoms with E-state index >= 15 is 0 Å². The zero-order chi connectivity index (χ0) is 16.6. The summed E-state index contributed by atoms with van der Waals surface area (Å²) in [6.45, 7) is 3.65. The van der Waals surface area contributed by atoms with E-state index in [1.165, 1.54) is 12.2 Å². The van der Waals surface area contributed by atoms with Crippen LogP contribution in [0, 0.1) is 13.8 Å².